The van der Waals surface area contributed by atoms with Crippen molar-refractivity contribution in [3.63, 3.8) is 0 Å². The number of hydrogen-bond acceptors (Lipinski definition) is 2. The van der Waals surface area contributed by atoms with Crippen molar-refractivity contribution in [3.05, 3.63) is 52.2 Å². The summed E-state index contributed by atoms with van der Waals surface area (Å²) in [5.41, 5.74) is 2.14. The summed E-state index contributed by atoms with van der Waals surface area (Å²) in [6.07, 6.45) is 1.01. The first kappa shape index (κ1) is 15.7. The molecule has 0 aliphatic rings. The number of amides is 1. The minimum Gasteiger partial charge on any atom is -0.330 e. The van der Waals surface area contributed by atoms with Gasteiger partial charge in [-0.15, -0.1) is 11.3 Å². The van der Waals surface area contributed by atoms with Gasteiger partial charge in [0.05, 0.1) is 4.88 Å². The molecule has 21 heavy (non-hydrogen) atoms. The van der Waals surface area contributed by atoms with E-state index >= 15 is 0 Å². The second-order valence-electron chi connectivity index (χ2n) is 5.32. The molecule has 1 amide bonds. The molecule has 0 aliphatic carbocycles. The van der Waals surface area contributed by atoms with Gasteiger partial charge in [-0.1, -0.05) is 25.1 Å². The van der Waals surface area contributed by atoms with Crippen LogP contribution >= 0.6 is 11.3 Å². The molecular formula is C17H23N2OS+. The van der Waals surface area contributed by atoms with Crippen molar-refractivity contribution < 1.29 is 10.1 Å². The Morgan fingerprint density at radius 3 is 2.52 bits per heavy atom. The number of benzene rings is 1. The Labute approximate surface area is 130 Å². The van der Waals surface area contributed by atoms with Crippen LogP contribution in [0.4, 0.5) is 5.69 Å². The first-order chi connectivity index (χ1) is 10.1. The lowest BCUT2D eigenvalue weighted by Crippen LogP contribution is -2.91. The highest BCUT2D eigenvalue weighted by Gasteiger charge is 2.20. The number of carbonyl (C=O) groups excluding carboxylic acids is 1. The van der Waals surface area contributed by atoms with E-state index in [1.807, 2.05) is 25.1 Å². The number of quaternary nitrogens is 1. The minimum absolute atomic E-state index is 0.0441. The molecule has 0 unspecified atom stereocenters. The summed E-state index contributed by atoms with van der Waals surface area (Å²) in [5.74, 6) is 0.0441. The Kier molecular flexibility index (Phi) is 5.53. The SMILES string of the molecule is CCc1ccc(NC(=O)[C@@H](C)[NH2+][C@@H](C)c2cccs2)cc1. The van der Waals surface area contributed by atoms with Gasteiger partial charge in [0.2, 0.25) is 0 Å². The van der Waals surface area contributed by atoms with E-state index in [0.29, 0.717) is 6.04 Å². The van der Waals surface area contributed by atoms with Crippen molar-refractivity contribution in [3.8, 4) is 0 Å². The lowest BCUT2D eigenvalue weighted by molar-refractivity contribution is -0.709. The number of hydrogen-bond donors (Lipinski definition) is 2. The van der Waals surface area contributed by atoms with Crippen LogP contribution in [0.15, 0.2) is 41.8 Å². The van der Waals surface area contributed by atoms with E-state index in [2.05, 4.69) is 48.1 Å². The van der Waals surface area contributed by atoms with Crippen LogP contribution in [0.1, 0.15) is 37.3 Å². The molecule has 0 saturated heterocycles. The standard InChI is InChI=1S/C17H22N2OS/c1-4-14-7-9-15(10-8-14)19-17(20)13(3)18-12(2)16-6-5-11-21-16/h5-13,18H,4H2,1-3H3,(H,19,20)/p+1/t12-,13+/m0/s1. The van der Waals surface area contributed by atoms with E-state index < -0.39 is 0 Å². The first-order valence-electron chi connectivity index (χ1n) is 7.38. The van der Waals surface area contributed by atoms with Crippen molar-refractivity contribution in [2.24, 2.45) is 0 Å². The predicted octanol–water partition coefficient (Wildman–Crippen LogP) is 2.96. The number of anilines is 1. The van der Waals surface area contributed by atoms with E-state index in [1.54, 1.807) is 11.3 Å². The fourth-order valence-corrected chi connectivity index (χ4v) is 3.01. The minimum atomic E-state index is -0.118. The molecular weight excluding hydrogens is 280 g/mol. The van der Waals surface area contributed by atoms with Crippen molar-refractivity contribution >= 4 is 22.9 Å². The smallest absolute Gasteiger partial charge is 0.282 e. The Balaban J connectivity index is 1.89. The summed E-state index contributed by atoms with van der Waals surface area (Å²) in [5, 5.41) is 7.14. The molecule has 4 heteroatoms. The van der Waals surface area contributed by atoms with E-state index in [1.165, 1.54) is 10.4 Å². The summed E-state index contributed by atoms with van der Waals surface area (Å²) in [7, 11) is 0. The fraction of sp³-hybridized carbons (Fsp3) is 0.353. The van der Waals surface area contributed by atoms with Gasteiger partial charge in [-0.2, -0.15) is 0 Å². The summed E-state index contributed by atoms with van der Waals surface area (Å²) < 4.78 is 0. The maximum absolute atomic E-state index is 12.2. The number of thiophene rings is 1. The summed E-state index contributed by atoms with van der Waals surface area (Å²) in [6.45, 7) is 6.20. The molecule has 3 nitrogen and oxygen atoms in total. The van der Waals surface area contributed by atoms with Crippen molar-refractivity contribution in [1.82, 2.24) is 0 Å². The zero-order valence-corrected chi connectivity index (χ0v) is 13.6. The lowest BCUT2D eigenvalue weighted by atomic mass is 10.1. The summed E-state index contributed by atoms with van der Waals surface area (Å²) >= 11 is 1.73. The highest BCUT2D eigenvalue weighted by molar-refractivity contribution is 7.10. The van der Waals surface area contributed by atoms with Gasteiger partial charge in [-0.05, 0) is 49.4 Å². The van der Waals surface area contributed by atoms with Crippen molar-refractivity contribution in [2.75, 3.05) is 5.32 Å². The maximum Gasteiger partial charge on any atom is 0.282 e. The first-order valence-corrected chi connectivity index (χ1v) is 8.26. The molecule has 112 valence electrons. The van der Waals surface area contributed by atoms with Gasteiger partial charge in [0.15, 0.2) is 6.04 Å². The number of nitrogens with two attached hydrogens (primary N) is 1. The van der Waals surface area contributed by atoms with Crippen LogP contribution in [-0.2, 0) is 11.2 Å². The largest absolute Gasteiger partial charge is 0.330 e. The molecule has 0 bridgehead atoms. The molecule has 1 aromatic carbocycles. The summed E-state index contributed by atoms with van der Waals surface area (Å²) in [6, 6.07) is 12.4. The fourth-order valence-electron chi connectivity index (χ4n) is 2.25. The lowest BCUT2D eigenvalue weighted by Gasteiger charge is -2.15. The van der Waals surface area contributed by atoms with Crippen LogP contribution in [0.25, 0.3) is 0 Å². The van der Waals surface area contributed by atoms with Crippen LogP contribution in [0.5, 0.6) is 0 Å². The second kappa shape index (κ2) is 7.38. The third-order valence-electron chi connectivity index (χ3n) is 3.61. The number of rotatable bonds is 6. The third-order valence-corrected chi connectivity index (χ3v) is 4.69. The predicted molar refractivity (Wildman–Crippen MR) is 88.6 cm³/mol. The van der Waals surface area contributed by atoms with Crippen LogP contribution in [0.2, 0.25) is 0 Å². The molecule has 0 radical (unpaired) electrons. The Hall–Kier alpha value is -1.65. The van der Waals surface area contributed by atoms with Crippen LogP contribution < -0.4 is 10.6 Å². The van der Waals surface area contributed by atoms with E-state index in [9.17, 15) is 4.79 Å². The van der Waals surface area contributed by atoms with Gasteiger partial charge in [0.25, 0.3) is 5.91 Å². The van der Waals surface area contributed by atoms with Gasteiger partial charge in [-0.3, -0.25) is 4.79 Å². The van der Waals surface area contributed by atoms with E-state index in [-0.39, 0.29) is 11.9 Å². The van der Waals surface area contributed by atoms with Gasteiger partial charge in [-0.25, -0.2) is 0 Å². The molecule has 3 N–H and O–H groups in total. The zero-order valence-electron chi connectivity index (χ0n) is 12.8. The molecule has 2 rings (SSSR count). The van der Waals surface area contributed by atoms with Crippen LogP contribution in [-0.4, -0.2) is 11.9 Å². The molecule has 0 aliphatic heterocycles. The number of aryl methyl sites for hydroxylation is 1. The quantitative estimate of drug-likeness (QED) is 0.847. The van der Waals surface area contributed by atoms with E-state index in [4.69, 9.17) is 0 Å². The van der Waals surface area contributed by atoms with Crippen molar-refractivity contribution in [2.45, 2.75) is 39.3 Å². The Bertz CT molecular complexity index is 563. The molecule has 2 aromatic rings. The van der Waals surface area contributed by atoms with Crippen molar-refractivity contribution in [1.29, 1.82) is 0 Å². The van der Waals surface area contributed by atoms with Gasteiger partial charge < -0.3 is 10.6 Å². The molecule has 1 aromatic heterocycles. The topological polar surface area (TPSA) is 45.7 Å². The molecule has 2 atom stereocenters. The van der Waals surface area contributed by atoms with E-state index in [0.717, 1.165) is 12.1 Å². The van der Waals surface area contributed by atoms with Crippen LogP contribution in [0.3, 0.4) is 0 Å². The summed E-state index contributed by atoms with van der Waals surface area (Å²) in [4.78, 5) is 13.5. The number of carbonyl (C=O) groups is 1. The van der Waals surface area contributed by atoms with Gasteiger partial charge in [0, 0.05) is 5.69 Å². The van der Waals surface area contributed by atoms with Gasteiger partial charge >= 0.3 is 0 Å². The highest BCUT2D eigenvalue weighted by Crippen LogP contribution is 2.15. The Morgan fingerprint density at radius 1 is 1.24 bits per heavy atom. The van der Waals surface area contributed by atoms with Gasteiger partial charge in [0.1, 0.15) is 6.04 Å². The molecule has 0 saturated carbocycles. The Morgan fingerprint density at radius 2 is 1.95 bits per heavy atom. The highest BCUT2D eigenvalue weighted by atomic mass is 32.1. The number of nitrogens with one attached hydrogen (secondary N) is 1. The molecule has 0 spiro atoms. The monoisotopic (exact) mass is 303 g/mol. The van der Waals surface area contributed by atoms with Crippen LogP contribution in [0, 0.1) is 0 Å². The third kappa shape index (κ3) is 4.41. The average molecular weight is 303 g/mol. The second-order valence-corrected chi connectivity index (χ2v) is 6.30. The average Bonchev–Trinajstić information content (AvgIpc) is 3.02. The molecule has 0 fully saturated rings. The normalized spacial score (nSPS) is 13.7. The molecule has 1 heterocycles. The maximum atomic E-state index is 12.2. The zero-order chi connectivity index (χ0) is 15.2.